The molecule has 0 saturated heterocycles. The number of carbonyl (C=O) groups is 1. The van der Waals surface area contributed by atoms with E-state index in [0.717, 1.165) is 0 Å². The maximum Gasteiger partial charge on any atom is 0.243 e. The Balaban J connectivity index is 1.31. The summed E-state index contributed by atoms with van der Waals surface area (Å²) in [5.74, 6) is -0.879. The summed E-state index contributed by atoms with van der Waals surface area (Å²) in [6.07, 6.45) is 4.24. The number of benzene rings is 3. The molecule has 0 saturated carbocycles. The van der Waals surface area contributed by atoms with Crippen LogP contribution in [0.4, 0.5) is 8.78 Å². The van der Waals surface area contributed by atoms with Gasteiger partial charge in [0.15, 0.2) is 0 Å². The van der Waals surface area contributed by atoms with Crippen LogP contribution in [0.15, 0.2) is 88.5 Å². The van der Waals surface area contributed by atoms with Crippen molar-refractivity contribution in [1.82, 2.24) is 14.9 Å². The number of fused-ring (bicyclic) bond motifs is 1. The van der Waals surface area contributed by atoms with Gasteiger partial charge in [-0.15, -0.1) is 0 Å². The molecule has 0 radical (unpaired) electrons. The quantitative estimate of drug-likeness (QED) is 0.292. The molecular formula is C27H22F2N4O3S. The van der Waals surface area contributed by atoms with Gasteiger partial charge in [-0.25, -0.2) is 22.8 Å². The molecule has 1 unspecified atom stereocenters. The maximum atomic E-state index is 14.9. The van der Waals surface area contributed by atoms with Crippen LogP contribution in [0.1, 0.15) is 5.56 Å². The third-order valence-corrected chi connectivity index (χ3v) is 7.13. The van der Waals surface area contributed by atoms with E-state index in [1.165, 1.54) is 36.9 Å². The molecule has 188 valence electrons. The standard InChI is InChI=1S/C27H22F2N4O3S/c1-37(30,35)21-6-3-18(4-7-21)22-8-2-17(12-23(22)29)15-32-26(34)16-33-24-9-5-20(28)13-19(24)14-25(33)27-31-10-11-36-27/h2-14,30H,15-16H2,1H3,(H,32,34). The van der Waals surface area contributed by atoms with Crippen molar-refractivity contribution in [2.24, 2.45) is 0 Å². The third kappa shape index (κ3) is 5.14. The van der Waals surface area contributed by atoms with E-state index in [2.05, 4.69) is 10.3 Å². The number of hydrogen-bond donors (Lipinski definition) is 2. The number of rotatable bonds is 7. The Morgan fingerprint density at radius 3 is 2.54 bits per heavy atom. The molecule has 10 heteroatoms. The molecule has 1 atom stereocenters. The van der Waals surface area contributed by atoms with Gasteiger partial charge in [-0.05, 0) is 53.6 Å². The predicted molar refractivity (Wildman–Crippen MR) is 136 cm³/mol. The monoisotopic (exact) mass is 520 g/mol. The van der Waals surface area contributed by atoms with Crippen molar-refractivity contribution in [3.8, 4) is 22.7 Å². The van der Waals surface area contributed by atoms with E-state index in [-0.39, 0.29) is 19.0 Å². The second kappa shape index (κ2) is 9.62. The molecule has 0 aliphatic heterocycles. The number of nitrogens with one attached hydrogen (secondary N) is 2. The van der Waals surface area contributed by atoms with Crippen molar-refractivity contribution in [2.75, 3.05) is 6.26 Å². The minimum atomic E-state index is -2.84. The van der Waals surface area contributed by atoms with Gasteiger partial charge in [0.05, 0.1) is 15.9 Å². The van der Waals surface area contributed by atoms with Crippen LogP contribution in [-0.4, -0.2) is 25.9 Å². The highest BCUT2D eigenvalue weighted by molar-refractivity contribution is 7.91. The highest BCUT2D eigenvalue weighted by Crippen LogP contribution is 2.28. The molecule has 37 heavy (non-hydrogen) atoms. The fraction of sp³-hybridized carbons (Fsp3) is 0.111. The summed E-state index contributed by atoms with van der Waals surface area (Å²) in [6.45, 7) is 0.0320. The van der Waals surface area contributed by atoms with Crippen LogP contribution in [0.25, 0.3) is 33.6 Å². The summed E-state index contributed by atoms with van der Waals surface area (Å²) in [7, 11) is -2.84. The summed E-state index contributed by atoms with van der Waals surface area (Å²) in [4.78, 5) is 17.3. The molecule has 0 bridgehead atoms. The number of hydrogen-bond acceptors (Lipinski definition) is 5. The maximum absolute atomic E-state index is 14.9. The summed E-state index contributed by atoms with van der Waals surface area (Å²) in [5, 5.41) is 3.40. The van der Waals surface area contributed by atoms with Crippen LogP contribution in [-0.2, 0) is 27.6 Å². The van der Waals surface area contributed by atoms with E-state index < -0.39 is 21.4 Å². The Morgan fingerprint density at radius 1 is 1.08 bits per heavy atom. The molecule has 0 fully saturated rings. The number of carbonyl (C=O) groups excluding carboxylic acids is 1. The van der Waals surface area contributed by atoms with E-state index in [4.69, 9.17) is 9.20 Å². The van der Waals surface area contributed by atoms with Gasteiger partial charge in [0.25, 0.3) is 0 Å². The predicted octanol–water partition coefficient (Wildman–Crippen LogP) is 5.59. The van der Waals surface area contributed by atoms with E-state index in [1.54, 1.807) is 53.1 Å². The van der Waals surface area contributed by atoms with Crippen LogP contribution in [0, 0.1) is 16.4 Å². The van der Waals surface area contributed by atoms with Gasteiger partial charge < -0.3 is 14.3 Å². The molecule has 7 nitrogen and oxygen atoms in total. The van der Waals surface area contributed by atoms with Crippen LogP contribution in [0.2, 0.25) is 0 Å². The highest BCUT2D eigenvalue weighted by Gasteiger charge is 2.17. The first kappa shape index (κ1) is 24.4. The van der Waals surface area contributed by atoms with Crippen molar-refractivity contribution < 1.29 is 22.2 Å². The Hall–Kier alpha value is -4.31. The minimum absolute atomic E-state index is 0.0730. The molecule has 5 rings (SSSR count). The number of halogens is 2. The van der Waals surface area contributed by atoms with Gasteiger partial charge in [-0.1, -0.05) is 24.3 Å². The smallest absolute Gasteiger partial charge is 0.243 e. The molecule has 1 amide bonds. The Morgan fingerprint density at radius 2 is 1.86 bits per heavy atom. The van der Waals surface area contributed by atoms with E-state index in [1.807, 2.05) is 0 Å². The van der Waals surface area contributed by atoms with Crippen LogP contribution >= 0.6 is 0 Å². The number of oxazole rings is 1. The van der Waals surface area contributed by atoms with Gasteiger partial charge in [0.2, 0.25) is 11.8 Å². The Kier molecular flexibility index (Phi) is 6.34. The number of amides is 1. The van der Waals surface area contributed by atoms with Crippen LogP contribution in [0.3, 0.4) is 0 Å². The Bertz CT molecular complexity index is 1710. The number of nitrogens with zero attached hydrogens (tertiary/aromatic N) is 2. The van der Waals surface area contributed by atoms with Gasteiger partial charge >= 0.3 is 0 Å². The van der Waals surface area contributed by atoms with E-state index in [9.17, 15) is 17.8 Å². The first-order valence-electron chi connectivity index (χ1n) is 11.3. The topological polar surface area (TPSA) is 101 Å². The van der Waals surface area contributed by atoms with Crippen molar-refractivity contribution in [3.63, 3.8) is 0 Å². The molecule has 0 spiro atoms. The average molecular weight is 521 g/mol. The molecule has 2 aromatic heterocycles. The van der Waals surface area contributed by atoms with Crippen molar-refractivity contribution >= 4 is 26.5 Å². The van der Waals surface area contributed by atoms with Gasteiger partial charge in [0, 0.05) is 34.2 Å². The molecule has 3 aromatic carbocycles. The van der Waals surface area contributed by atoms with Gasteiger partial charge in [-0.2, -0.15) is 0 Å². The van der Waals surface area contributed by atoms with Crippen molar-refractivity contribution in [3.05, 3.63) is 96.4 Å². The van der Waals surface area contributed by atoms with Crippen LogP contribution in [0.5, 0.6) is 0 Å². The fourth-order valence-electron chi connectivity index (χ4n) is 4.14. The summed E-state index contributed by atoms with van der Waals surface area (Å²) in [5.41, 5.74) is 2.70. The fourth-order valence-corrected chi connectivity index (χ4v) is 4.79. The third-order valence-electron chi connectivity index (χ3n) is 5.95. The first-order chi connectivity index (χ1) is 17.7. The second-order valence-corrected chi connectivity index (χ2v) is 10.8. The summed E-state index contributed by atoms with van der Waals surface area (Å²) in [6, 6.07) is 17.1. The van der Waals surface area contributed by atoms with Gasteiger partial charge in [-0.3, -0.25) is 4.79 Å². The normalized spacial score (nSPS) is 12.9. The lowest BCUT2D eigenvalue weighted by molar-refractivity contribution is -0.121. The largest absolute Gasteiger partial charge is 0.443 e. The van der Waals surface area contributed by atoms with Crippen LogP contribution < -0.4 is 5.32 Å². The van der Waals surface area contributed by atoms with E-state index in [0.29, 0.717) is 44.1 Å². The number of aromatic nitrogens is 2. The zero-order chi connectivity index (χ0) is 26.2. The molecule has 2 heterocycles. The minimum Gasteiger partial charge on any atom is -0.443 e. The first-order valence-corrected chi connectivity index (χ1v) is 13.2. The highest BCUT2D eigenvalue weighted by atomic mass is 32.2. The zero-order valence-electron chi connectivity index (χ0n) is 19.7. The Labute approximate surface area is 211 Å². The average Bonchev–Trinajstić information content (AvgIpc) is 3.50. The lowest BCUT2D eigenvalue weighted by Gasteiger charge is -2.11. The van der Waals surface area contributed by atoms with Crippen molar-refractivity contribution in [2.45, 2.75) is 18.0 Å². The lowest BCUT2D eigenvalue weighted by Crippen LogP contribution is -2.27. The van der Waals surface area contributed by atoms with Crippen molar-refractivity contribution in [1.29, 1.82) is 4.78 Å². The molecule has 5 aromatic rings. The zero-order valence-corrected chi connectivity index (χ0v) is 20.5. The SMILES string of the molecule is CS(=N)(=O)c1ccc(-c2ccc(CNC(=O)Cn3c(-c4ncco4)cc4cc(F)ccc43)cc2F)cc1. The van der Waals surface area contributed by atoms with Gasteiger partial charge in [0.1, 0.15) is 30.1 Å². The summed E-state index contributed by atoms with van der Waals surface area (Å²) < 4.78 is 55.2. The second-order valence-electron chi connectivity index (χ2n) is 8.62. The lowest BCUT2D eigenvalue weighted by atomic mass is 10.0. The molecule has 2 N–H and O–H groups in total. The van der Waals surface area contributed by atoms with E-state index >= 15 is 0 Å². The molecule has 0 aliphatic rings. The molecule has 0 aliphatic carbocycles. The summed E-state index contributed by atoms with van der Waals surface area (Å²) >= 11 is 0. The molecular weight excluding hydrogens is 498 g/mol.